The highest BCUT2D eigenvalue weighted by molar-refractivity contribution is 7.15. The van der Waals surface area contributed by atoms with Crippen LogP contribution in [0.15, 0.2) is 42.5 Å². The summed E-state index contributed by atoms with van der Waals surface area (Å²) in [5.41, 5.74) is 2.95. The molecule has 3 aromatic rings. The number of nitrogens with one attached hydrogen (secondary N) is 1. The van der Waals surface area contributed by atoms with Gasteiger partial charge in [0.15, 0.2) is 10.9 Å². The summed E-state index contributed by atoms with van der Waals surface area (Å²) in [6, 6.07) is 13.8. The van der Waals surface area contributed by atoms with E-state index in [1.165, 1.54) is 0 Å². The summed E-state index contributed by atoms with van der Waals surface area (Å²) in [7, 11) is 0. The Labute approximate surface area is 168 Å². The maximum atomic E-state index is 12.3. The molecule has 0 atom stereocenters. The first-order valence-corrected chi connectivity index (χ1v) is 10.3. The van der Waals surface area contributed by atoms with Crippen LogP contribution >= 0.6 is 11.3 Å². The lowest BCUT2D eigenvalue weighted by molar-refractivity contribution is -0.132. The number of amides is 1. The van der Waals surface area contributed by atoms with Crippen LogP contribution in [-0.2, 0) is 17.8 Å². The minimum atomic E-state index is 0.228. The van der Waals surface area contributed by atoms with E-state index in [2.05, 4.69) is 34.3 Å². The van der Waals surface area contributed by atoms with E-state index in [4.69, 9.17) is 0 Å². The molecule has 0 spiro atoms. The molecule has 0 bridgehead atoms. The Morgan fingerprint density at radius 2 is 2.00 bits per heavy atom. The Kier molecular flexibility index (Phi) is 5.34. The quantitative estimate of drug-likeness (QED) is 0.701. The lowest BCUT2D eigenvalue weighted by Gasteiger charge is -2.26. The maximum absolute atomic E-state index is 12.3. The van der Waals surface area contributed by atoms with Gasteiger partial charge in [0.1, 0.15) is 0 Å². The number of nitrogens with zero attached hydrogens (tertiary/aromatic N) is 4. The van der Waals surface area contributed by atoms with Gasteiger partial charge in [0.2, 0.25) is 5.91 Å². The summed E-state index contributed by atoms with van der Waals surface area (Å²) < 4.78 is 0. The molecule has 0 radical (unpaired) electrons. The van der Waals surface area contributed by atoms with Crippen molar-refractivity contribution >= 4 is 28.2 Å². The summed E-state index contributed by atoms with van der Waals surface area (Å²) in [6.45, 7) is 5.55. The first-order valence-electron chi connectivity index (χ1n) is 9.51. The van der Waals surface area contributed by atoms with Crippen LogP contribution in [0.1, 0.15) is 30.8 Å². The van der Waals surface area contributed by atoms with E-state index in [0.717, 1.165) is 39.9 Å². The summed E-state index contributed by atoms with van der Waals surface area (Å²) in [4.78, 5) is 20.1. The van der Waals surface area contributed by atoms with Crippen LogP contribution in [-0.4, -0.2) is 32.5 Å². The monoisotopic (exact) mass is 393 g/mol. The molecule has 1 aromatic carbocycles. The lowest BCUT2D eigenvalue weighted by atomic mass is 10.1. The number of aromatic nitrogens is 3. The Bertz CT molecular complexity index is 953. The molecular weight excluding hydrogens is 370 g/mol. The molecule has 0 saturated heterocycles. The lowest BCUT2D eigenvalue weighted by Crippen LogP contribution is -2.36. The zero-order valence-electron chi connectivity index (χ0n) is 16.1. The Hall–Kier alpha value is -2.80. The number of thiazole rings is 1. The van der Waals surface area contributed by atoms with E-state index in [0.29, 0.717) is 24.7 Å². The van der Waals surface area contributed by atoms with Gasteiger partial charge in [-0.3, -0.25) is 4.79 Å². The fourth-order valence-electron chi connectivity index (χ4n) is 3.21. The molecule has 0 fully saturated rings. The average Bonchev–Trinajstić information content (AvgIpc) is 3.10. The van der Waals surface area contributed by atoms with E-state index in [9.17, 15) is 4.79 Å². The molecule has 1 aliphatic rings. The second-order valence-electron chi connectivity index (χ2n) is 7.35. The van der Waals surface area contributed by atoms with Crippen molar-refractivity contribution in [2.24, 2.45) is 5.92 Å². The number of hydrogen-bond donors (Lipinski definition) is 1. The SMILES string of the molecule is CC(C)CC(=O)N1CCc2nc(Nc3ccc(-c4ccccc4)nn3)sc2C1. The van der Waals surface area contributed by atoms with Gasteiger partial charge in [-0.25, -0.2) is 4.98 Å². The van der Waals surface area contributed by atoms with E-state index in [-0.39, 0.29) is 5.91 Å². The van der Waals surface area contributed by atoms with Crippen LogP contribution in [0.5, 0.6) is 0 Å². The third kappa shape index (κ3) is 4.20. The third-order valence-electron chi connectivity index (χ3n) is 4.64. The van der Waals surface area contributed by atoms with Crippen molar-refractivity contribution in [2.75, 3.05) is 11.9 Å². The molecule has 2 aromatic heterocycles. The fraction of sp³-hybridized carbons (Fsp3) is 0.333. The highest BCUT2D eigenvalue weighted by Gasteiger charge is 2.24. The van der Waals surface area contributed by atoms with E-state index in [1.807, 2.05) is 47.4 Å². The van der Waals surface area contributed by atoms with Gasteiger partial charge in [0.25, 0.3) is 0 Å². The van der Waals surface area contributed by atoms with Crippen LogP contribution in [0.2, 0.25) is 0 Å². The van der Waals surface area contributed by atoms with Crippen molar-refractivity contribution in [1.29, 1.82) is 0 Å². The summed E-state index contributed by atoms with van der Waals surface area (Å²) >= 11 is 1.59. The molecule has 1 N–H and O–H groups in total. The number of anilines is 2. The van der Waals surface area contributed by atoms with Gasteiger partial charge in [-0.2, -0.15) is 0 Å². The van der Waals surface area contributed by atoms with Crippen molar-refractivity contribution < 1.29 is 4.79 Å². The van der Waals surface area contributed by atoms with Gasteiger partial charge in [0, 0.05) is 29.8 Å². The Morgan fingerprint density at radius 1 is 1.18 bits per heavy atom. The van der Waals surface area contributed by atoms with Gasteiger partial charge in [-0.1, -0.05) is 55.5 Å². The van der Waals surface area contributed by atoms with Crippen molar-refractivity contribution in [1.82, 2.24) is 20.1 Å². The maximum Gasteiger partial charge on any atom is 0.223 e. The second kappa shape index (κ2) is 8.06. The molecule has 6 nitrogen and oxygen atoms in total. The molecule has 4 rings (SSSR count). The molecule has 0 aliphatic carbocycles. The molecule has 28 heavy (non-hydrogen) atoms. The molecule has 3 heterocycles. The van der Waals surface area contributed by atoms with E-state index < -0.39 is 0 Å². The van der Waals surface area contributed by atoms with Crippen LogP contribution in [0.4, 0.5) is 10.9 Å². The van der Waals surface area contributed by atoms with E-state index >= 15 is 0 Å². The van der Waals surface area contributed by atoms with Crippen molar-refractivity contribution in [2.45, 2.75) is 33.2 Å². The molecule has 7 heteroatoms. The van der Waals surface area contributed by atoms with Gasteiger partial charge >= 0.3 is 0 Å². The van der Waals surface area contributed by atoms with Crippen LogP contribution < -0.4 is 5.32 Å². The number of carbonyl (C=O) groups is 1. The topological polar surface area (TPSA) is 71.0 Å². The highest BCUT2D eigenvalue weighted by Crippen LogP contribution is 2.30. The van der Waals surface area contributed by atoms with Crippen LogP contribution in [0, 0.1) is 5.92 Å². The standard InChI is InChI=1S/C21H23N5OS/c1-14(2)12-20(27)26-11-10-17-18(13-26)28-21(22-17)23-19-9-8-16(24-25-19)15-6-4-3-5-7-15/h3-9,14H,10-13H2,1-2H3,(H,22,23,25). The summed E-state index contributed by atoms with van der Waals surface area (Å²) in [6.07, 6.45) is 1.40. The van der Waals surface area contributed by atoms with Crippen LogP contribution in [0.25, 0.3) is 11.3 Å². The van der Waals surface area contributed by atoms with Crippen LogP contribution in [0.3, 0.4) is 0 Å². The first-order chi connectivity index (χ1) is 13.6. The smallest absolute Gasteiger partial charge is 0.223 e. The van der Waals surface area contributed by atoms with E-state index in [1.54, 1.807) is 11.3 Å². The number of rotatable bonds is 5. The number of hydrogen-bond acceptors (Lipinski definition) is 6. The molecule has 0 saturated carbocycles. The first kappa shape index (κ1) is 18.6. The number of fused-ring (bicyclic) bond motifs is 1. The molecular formula is C21H23N5OS. The Morgan fingerprint density at radius 3 is 2.71 bits per heavy atom. The largest absolute Gasteiger partial charge is 0.337 e. The normalized spacial score (nSPS) is 13.5. The molecule has 1 aliphatic heterocycles. The molecule has 1 amide bonds. The zero-order chi connectivity index (χ0) is 19.5. The predicted octanol–water partition coefficient (Wildman–Crippen LogP) is 4.27. The van der Waals surface area contributed by atoms with Crippen molar-refractivity contribution in [3.8, 4) is 11.3 Å². The van der Waals surface area contributed by atoms with Crippen molar-refractivity contribution in [3.05, 3.63) is 53.0 Å². The van der Waals surface area contributed by atoms with Gasteiger partial charge < -0.3 is 10.2 Å². The number of benzene rings is 1. The van der Waals surface area contributed by atoms with Gasteiger partial charge in [-0.05, 0) is 18.1 Å². The minimum Gasteiger partial charge on any atom is -0.337 e. The summed E-state index contributed by atoms with van der Waals surface area (Å²) in [5.74, 6) is 1.27. The third-order valence-corrected chi connectivity index (χ3v) is 5.63. The second-order valence-corrected chi connectivity index (χ2v) is 8.43. The zero-order valence-corrected chi connectivity index (χ0v) is 16.9. The highest BCUT2D eigenvalue weighted by atomic mass is 32.1. The predicted molar refractivity (Wildman–Crippen MR) is 111 cm³/mol. The average molecular weight is 394 g/mol. The fourth-order valence-corrected chi connectivity index (χ4v) is 4.24. The summed E-state index contributed by atoms with van der Waals surface area (Å²) in [5, 5.41) is 12.6. The molecule has 0 unspecified atom stereocenters. The molecule has 144 valence electrons. The van der Waals surface area contributed by atoms with Crippen molar-refractivity contribution in [3.63, 3.8) is 0 Å². The van der Waals surface area contributed by atoms with Gasteiger partial charge in [0.05, 0.1) is 17.9 Å². The Balaban J connectivity index is 1.43. The minimum absolute atomic E-state index is 0.228. The number of carbonyl (C=O) groups excluding carboxylic acids is 1. The van der Waals surface area contributed by atoms with Gasteiger partial charge in [-0.15, -0.1) is 10.2 Å².